The van der Waals surface area contributed by atoms with Gasteiger partial charge in [-0.15, -0.1) is 11.6 Å². The molecular formula is C12H14ClNO. The molecular weight excluding hydrogens is 210 g/mol. The molecule has 0 N–H and O–H groups in total. The van der Waals surface area contributed by atoms with E-state index in [1.54, 1.807) is 0 Å². The topological polar surface area (TPSA) is 20.3 Å². The highest BCUT2D eigenvalue weighted by Crippen LogP contribution is 2.19. The SMILES string of the molecule is O=C(c1ccccc1)N1CC[C@@H](CCl)C1. The molecule has 2 rings (SSSR count). The molecule has 0 spiro atoms. The number of carbonyl (C=O) groups excluding carboxylic acids is 1. The van der Waals surface area contributed by atoms with Crippen LogP contribution in [0.4, 0.5) is 0 Å². The molecule has 0 unspecified atom stereocenters. The number of alkyl halides is 1. The van der Waals surface area contributed by atoms with Crippen molar-refractivity contribution in [2.45, 2.75) is 6.42 Å². The highest BCUT2D eigenvalue weighted by atomic mass is 35.5. The van der Waals surface area contributed by atoms with Crippen molar-refractivity contribution in [3.05, 3.63) is 35.9 Å². The first kappa shape index (κ1) is 10.5. The summed E-state index contributed by atoms with van der Waals surface area (Å²) in [5.41, 5.74) is 0.771. The molecule has 1 aromatic rings. The number of rotatable bonds is 2. The van der Waals surface area contributed by atoms with E-state index in [1.165, 1.54) is 0 Å². The van der Waals surface area contributed by atoms with Crippen LogP contribution in [-0.4, -0.2) is 29.8 Å². The van der Waals surface area contributed by atoms with Gasteiger partial charge >= 0.3 is 0 Å². The van der Waals surface area contributed by atoms with E-state index < -0.39 is 0 Å². The molecule has 1 aliphatic heterocycles. The molecule has 0 radical (unpaired) electrons. The number of hydrogen-bond donors (Lipinski definition) is 0. The number of halogens is 1. The predicted molar refractivity (Wildman–Crippen MR) is 61.2 cm³/mol. The van der Waals surface area contributed by atoms with Gasteiger partial charge in [-0.25, -0.2) is 0 Å². The first-order valence-corrected chi connectivity index (χ1v) is 5.75. The highest BCUT2D eigenvalue weighted by Gasteiger charge is 2.25. The van der Waals surface area contributed by atoms with Crippen molar-refractivity contribution in [2.24, 2.45) is 5.92 Å². The fourth-order valence-corrected chi connectivity index (χ4v) is 2.16. The summed E-state index contributed by atoms with van der Waals surface area (Å²) >= 11 is 5.79. The molecule has 1 aromatic carbocycles. The van der Waals surface area contributed by atoms with Gasteiger partial charge in [-0.2, -0.15) is 0 Å². The Kier molecular flexibility index (Phi) is 3.27. The molecule has 0 saturated carbocycles. The van der Waals surface area contributed by atoms with Crippen LogP contribution in [0.1, 0.15) is 16.8 Å². The van der Waals surface area contributed by atoms with E-state index in [9.17, 15) is 4.79 Å². The van der Waals surface area contributed by atoms with Gasteiger partial charge in [-0.05, 0) is 24.5 Å². The van der Waals surface area contributed by atoms with Crippen LogP contribution in [0.3, 0.4) is 0 Å². The first-order chi connectivity index (χ1) is 7.31. The minimum absolute atomic E-state index is 0.128. The van der Waals surface area contributed by atoms with Crippen molar-refractivity contribution in [2.75, 3.05) is 19.0 Å². The zero-order valence-electron chi connectivity index (χ0n) is 8.53. The molecule has 1 heterocycles. The van der Waals surface area contributed by atoms with Gasteiger partial charge in [-0.1, -0.05) is 18.2 Å². The Hall–Kier alpha value is -1.02. The summed E-state index contributed by atoms with van der Waals surface area (Å²) in [5, 5.41) is 0. The number of amides is 1. The smallest absolute Gasteiger partial charge is 0.253 e. The second-order valence-corrected chi connectivity index (χ2v) is 4.23. The summed E-state index contributed by atoms with van der Waals surface area (Å²) in [7, 11) is 0. The average molecular weight is 224 g/mol. The number of carbonyl (C=O) groups is 1. The lowest BCUT2D eigenvalue weighted by atomic mass is 10.1. The third kappa shape index (κ3) is 2.32. The maximum atomic E-state index is 12.0. The van der Waals surface area contributed by atoms with Crippen LogP contribution in [0.15, 0.2) is 30.3 Å². The molecule has 2 nitrogen and oxygen atoms in total. The van der Waals surface area contributed by atoms with Crippen molar-refractivity contribution >= 4 is 17.5 Å². The van der Waals surface area contributed by atoms with Gasteiger partial charge in [0, 0.05) is 24.5 Å². The van der Waals surface area contributed by atoms with E-state index in [0.29, 0.717) is 11.8 Å². The van der Waals surface area contributed by atoms with E-state index in [-0.39, 0.29) is 5.91 Å². The monoisotopic (exact) mass is 223 g/mol. The summed E-state index contributed by atoms with van der Waals surface area (Å²) in [6.07, 6.45) is 1.03. The Balaban J connectivity index is 2.04. The lowest BCUT2D eigenvalue weighted by molar-refractivity contribution is 0.0788. The van der Waals surface area contributed by atoms with Crippen LogP contribution in [0.25, 0.3) is 0 Å². The van der Waals surface area contributed by atoms with Gasteiger partial charge in [-0.3, -0.25) is 4.79 Å². The zero-order valence-corrected chi connectivity index (χ0v) is 9.28. The van der Waals surface area contributed by atoms with Crippen molar-refractivity contribution in [3.8, 4) is 0 Å². The molecule has 1 fully saturated rings. The van der Waals surface area contributed by atoms with Crippen LogP contribution in [0.5, 0.6) is 0 Å². The van der Waals surface area contributed by atoms with Gasteiger partial charge < -0.3 is 4.90 Å². The lowest BCUT2D eigenvalue weighted by Crippen LogP contribution is -2.28. The quantitative estimate of drug-likeness (QED) is 0.705. The standard InChI is InChI=1S/C12H14ClNO/c13-8-10-6-7-14(9-10)12(15)11-4-2-1-3-5-11/h1-5,10H,6-9H2/t10-/m0/s1. The first-order valence-electron chi connectivity index (χ1n) is 5.21. The third-order valence-electron chi connectivity index (χ3n) is 2.81. The van der Waals surface area contributed by atoms with Gasteiger partial charge in [0.25, 0.3) is 5.91 Å². The van der Waals surface area contributed by atoms with E-state index in [0.717, 1.165) is 25.1 Å². The Morgan fingerprint density at radius 1 is 1.40 bits per heavy atom. The molecule has 3 heteroatoms. The highest BCUT2D eigenvalue weighted by molar-refractivity contribution is 6.18. The molecule has 0 aliphatic carbocycles. The maximum Gasteiger partial charge on any atom is 0.253 e. The number of nitrogens with zero attached hydrogens (tertiary/aromatic N) is 1. The van der Waals surface area contributed by atoms with Crippen LogP contribution in [0, 0.1) is 5.92 Å². The lowest BCUT2D eigenvalue weighted by Gasteiger charge is -2.15. The fourth-order valence-electron chi connectivity index (χ4n) is 1.91. The number of hydrogen-bond acceptors (Lipinski definition) is 1. The van der Waals surface area contributed by atoms with Crippen molar-refractivity contribution in [1.82, 2.24) is 4.90 Å². The maximum absolute atomic E-state index is 12.0. The second kappa shape index (κ2) is 4.67. The molecule has 80 valence electrons. The Morgan fingerprint density at radius 3 is 2.73 bits per heavy atom. The van der Waals surface area contributed by atoms with Crippen LogP contribution >= 0.6 is 11.6 Å². The summed E-state index contributed by atoms with van der Waals surface area (Å²) in [6.45, 7) is 1.64. The Morgan fingerprint density at radius 2 is 2.13 bits per heavy atom. The molecule has 1 saturated heterocycles. The summed E-state index contributed by atoms with van der Waals surface area (Å²) in [6, 6.07) is 9.42. The normalized spacial score (nSPS) is 20.6. The molecule has 1 amide bonds. The van der Waals surface area contributed by atoms with E-state index in [1.807, 2.05) is 35.2 Å². The van der Waals surface area contributed by atoms with Crippen molar-refractivity contribution in [3.63, 3.8) is 0 Å². The average Bonchev–Trinajstić information content (AvgIpc) is 2.78. The largest absolute Gasteiger partial charge is 0.338 e. The predicted octanol–water partition coefficient (Wildman–Crippen LogP) is 2.39. The van der Waals surface area contributed by atoms with Crippen molar-refractivity contribution < 1.29 is 4.79 Å². The zero-order chi connectivity index (χ0) is 10.7. The molecule has 1 aliphatic rings. The minimum atomic E-state index is 0.128. The van der Waals surface area contributed by atoms with Crippen molar-refractivity contribution in [1.29, 1.82) is 0 Å². The Bertz CT molecular complexity index is 339. The number of likely N-dealkylation sites (tertiary alicyclic amines) is 1. The van der Waals surface area contributed by atoms with Crippen LogP contribution in [0.2, 0.25) is 0 Å². The summed E-state index contributed by atoms with van der Waals surface area (Å²) in [5.74, 6) is 1.25. The van der Waals surface area contributed by atoms with E-state index >= 15 is 0 Å². The van der Waals surface area contributed by atoms with Gasteiger partial charge in [0.05, 0.1) is 0 Å². The minimum Gasteiger partial charge on any atom is -0.338 e. The number of benzene rings is 1. The fraction of sp³-hybridized carbons (Fsp3) is 0.417. The summed E-state index contributed by atoms with van der Waals surface area (Å²) in [4.78, 5) is 13.9. The second-order valence-electron chi connectivity index (χ2n) is 3.93. The molecule has 1 atom stereocenters. The third-order valence-corrected chi connectivity index (χ3v) is 3.25. The van der Waals surface area contributed by atoms with Crippen LogP contribution < -0.4 is 0 Å². The van der Waals surface area contributed by atoms with E-state index in [2.05, 4.69) is 0 Å². The molecule has 15 heavy (non-hydrogen) atoms. The van der Waals surface area contributed by atoms with E-state index in [4.69, 9.17) is 11.6 Å². The van der Waals surface area contributed by atoms with Crippen LogP contribution in [-0.2, 0) is 0 Å². The Labute approximate surface area is 94.8 Å². The van der Waals surface area contributed by atoms with Gasteiger partial charge in [0.1, 0.15) is 0 Å². The summed E-state index contributed by atoms with van der Waals surface area (Å²) < 4.78 is 0. The molecule has 0 aromatic heterocycles. The van der Waals surface area contributed by atoms with Gasteiger partial charge in [0.2, 0.25) is 0 Å². The molecule has 0 bridgehead atoms. The van der Waals surface area contributed by atoms with Gasteiger partial charge in [0.15, 0.2) is 0 Å².